The Morgan fingerprint density at radius 3 is 2.74 bits per heavy atom. The summed E-state index contributed by atoms with van der Waals surface area (Å²) in [6.07, 6.45) is 9.51. The average Bonchev–Trinajstić information content (AvgIpc) is 2.66. The number of hydrogen-bond donors (Lipinski definition) is 2. The summed E-state index contributed by atoms with van der Waals surface area (Å²) in [6, 6.07) is 0.289. The molecule has 0 radical (unpaired) electrons. The standard InChI is InChI=1S/C21H38N2O4/c1-2-10-22-21(25)11-18-8-9-19-20(27-18)15-26-14-17(24)13-23(19)12-16-6-4-3-5-7-16/h16-20,24H,2-15H2,1H3,(H,22,25)/t17-,18-,19-,20+/m1/s1. The molecule has 3 rings (SSSR count). The van der Waals surface area contributed by atoms with Crippen molar-refractivity contribution in [1.82, 2.24) is 10.2 Å². The summed E-state index contributed by atoms with van der Waals surface area (Å²) in [5.74, 6) is 0.825. The third-order valence-electron chi connectivity index (χ3n) is 6.29. The van der Waals surface area contributed by atoms with Gasteiger partial charge in [0.05, 0.1) is 37.9 Å². The number of rotatable bonds is 6. The zero-order valence-corrected chi connectivity index (χ0v) is 16.9. The number of ether oxygens (including phenoxy) is 2. The van der Waals surface area contributed by atoms with Crippen LogP contribution >= 0.6 is 0 Å². The van der Waals surface area contributed by atoms with Gasteiger partial charge in [0.2, 0.25) is 5.91 Å². The molecule has 1 aliphatic carbocycles. The number of aliphatic hydroxyl groups excluding tert-OH is 1. The highest BCUT2D eigenvalue weighted by molar-refractivity contribution is 5.76. The topological polar surface area (TPSA) is 71.0 Å². The van der Waals surface area contributed by atoms with Gasteiger partial charge >= 0.3 is 0 Å². The Kier molecular flexibility index (Phi) is 8.37. The number of aliphatic hydroxyl groups is 1. The highest BCUT2D eigenvalue weighted by Gasteiger charge is 2.38. The fourth-order valence-corrected chi connectivity index (χ4v) is 4.90. The highest BCUT2D eigenvalue weighted by atomic mass is 16.5. The van der Waals surface area contributed by atoms with Crippen molar-refractivity contribution >= 4 is 5.91 Å². The van der Waals surface area contributed by atoms with Crippen molar-refractivity contribution in [2.45, 2.75) is 89.1 Å². The minimum absolute atomic E-state index is 0.00110. The van der Waals surface area contributed by atoms with Gasteiger partial charge in [0.1, 0.15) is 0 Å². The Morgan fingerprint density at radius 2 is 1.96 bits per heavy atom. The summed E-state index contributed by atoms with van der Waals surface area (Å²) in [7, 11) is 0. The molecule has 1 amide bonds. The lowest BCUT2D eigenvalue weighted by molar-refractivity contribution is -0.158. The number of carbonyl (C=O) groups is 1. The molecule has 2 heterocycles. The fraction of sp³-hybridized carbons (Fsp3) is 0.952. The second-order valence-corrected chi connectivity index (χ2v) is 8.64. The molecule has 156 valence electrons. The monoisotopic (exact) mass is 382 g/mol. The molecule has 6 heteroatoms. The first-order valence-corrected chi connectivity index (χ1v) is 11.1. The molecule has 3 fully saturated rings. The number of nitrogens with zero attached hydrogens (tertiary/aromatic N) is 1. The molecule has 2 N–H and O–H groups in total. The summed E-state index contributed by atoms with van der Waals surface area (Å²) in [5.41, 5.74) is 0. The van der Waals surface area contributed by atoms with E-state index in [1.165, 1.54) is 32.1 Å². The molecular weight excluding hydrogens is 344 g/mol. The molecule has 0 bridgehead atoms. The van der Waals surface area contributed by atoms with E-state index < -0.39 is 6.10 Å². The first-order chi connectivity index (χ1) is 13.2. The number of carbonyl (C=O) groups excluding carboxylic acids is 1. The Labute approximate surface area is 164 Å². The van der Waals surface area contributed by atoms with Crippen LogP contribution in [0.25, 0.3) is 0 Å². The predicted molar refractivity (Wildman–Crippen MR) is 105 cm³/mol. The first-order valence-electron chi connectivity index (χ1n) is 11.1. The maximum absolute atomic E-state index is 12.1. The van der Waals surface area contributed by atoms with Crippen LogP contribution in [0, 0.1) is 5.92 Å². The summed E-state index contributed by atoms with van der Waals surface area (Å²) in [4.78, 5) is 14.5. The number of fused-ring (bicyclic) bond motifs is 1. The molecule has 0 aromatic rings. The van der Waals surface area contributed by atoms with Crippen molar-refractivity contribution in [2.24, 2.45) is 5.92 Å². The Bertz CT molecular complexity index is 455. The second-order valence-electron chi connectivity index (χ2n) is 8.64. The quantitative estimate of drug-likeness (QED) is 0.736. The van der Waals surface area contributed by atoms with Gasteiger partial charge in [0, 0.05) is 25.7 Å². The molecule has 0 spiro atoms. The minimum atomic E-state index is -0.424. The summed E-state index contributed by atoms with van der Waals surface area (Å²) in [5, 5.41) is 13.2. The SMILES string of the molecule is CCCNC(=O)C[C@H]1CC[C@@H]2[C@H](COC[C@H](O)CN2CC2CCCCC2)O1. The lowest BCUT2D eigenvalue weighted by Gasteiger charge is -2.45. The third-order valence-corrected chi connectivity index (χ3v) is 6.29. The zero-order valence-electron chi connectivity index (χ0n) is 16.9. The summed E-state index contributed by atoms with van der Waals surface area (Å²) in [6.45, 7) is 5.40. The zero-order chi connectivity index (χ0) is 19.1. The van der Waals surface area contributed by atoms with Gasteiger partial charge in [0.15, 0.2) is 0 Å². The highest BCUT2D eigenvalue weighted by Crippen LogP contribution is 2.31. The molecule has 6 nitrogen and oxygen atoms in total. The lowest BCUT2D eigenvalue weighted by Crippen LogP contribution is -2.56. The van der Waals surface area contributed by atoms with Crippen LogP contribution < -0.4 is 5.32 Å². The molecule has 0 aromatic carbocycles. The molecular formula is C21H38N2O4. The van der Waals surface area contributed by atoms with E-state index in [-0.39, 0.29) is 24.2 Å². The maximum Gasteiger partial charge on any atom is 0.222 e. The normalized spacial score (nSPS) is 33.7. The molecule has 1 saturated carbocycles. The van der Waals surface area contributed by atoms with Crippen molar-refractivity contribution in [2.75, 3.05) is 32.8 Å². The van der Waals surface area contributed by atoms with Crippen LogP contribution in [0.1, 0.15) is 64.7 Å². The predicted octanol–water partition coefficient (Wildman–Crippen LogP) is 2.09. The molecule has 2 aliphatic heterocycles. The molecule has 0 aromatic heterocycles. The fourth-order valence-electron chi connectivity index (χ4n) is 4.90. The second kappa shape index (κ2) is 10.7. The van der Waals surface area contributed by atoms with Crippen LogP contribution in [0.3, 0.4) is 0 Å². The van der Waals surface area contributed by atoms with Gasteiger partial charge < -0.3 is 19.9 Å². The largest absolute Gasteiger partial charge is 0.389 e. The Morgan fingerprint density at radius 1 is 1.15 bits per heavy atom. The molecule has 3 aliphatic rings. The van der Waals surface area contributed by atoms with E-state index in [9.17, 15) is 9.90 Å². The summed E-state index contributed by atoms with van der Waals surface area (Å²) >= 11 is 0. The van der Waals surface area contributed by atoms with Crippen LogP contribution in [0.5, 0.6) is 0 Å². The van der Waals surface area contributed by atoms with E-state index in [4.69, 9.17) is 9.47 Å². The van der Waals surface area contributed by atoms with E-state index in [0.29, 0.717) is 26.2 Å². The van der Waals surface area contributed by atoms with E-state index in [2.05, 4.69) is 17.1 Å². The molecule has 2 saturated heterocycles. The van der Waals surface area contributed by atoms with E-state index in [0.717, 1.165) is 38.3 Å². The number of amides is 1. The van der Waals surface area contributed by atoms with Crippen molar-refractivity contribution in [3.05, 3.63) is 0 Å². The Balaban J connectivity index is 1.58. The smallest absolute Gasteiger partial charge is 0.222 e. The van der Waals surface area contributed by atoms with Crippen LogP contribution in [0.2, 0.25) is 0 Å². The van der Waals surface area contributed by atoms with E-state index >= 15 is 0 Å². The van der Waals surface area contributed by atoms with Crippen LogP contribution in [0.15, 0.2) is 0 Å². The van der Waals surface area contributed by atoms with Crippen molar-refractivity contribution in [3.63, 3.8) is 0 Å². The molecule has 27 heavy (non-hydrogen) atoms. The molecule has 0 unspecified atom stereocenters. The average molecular weight is 383 g/mol. The van der Waals surface area contributed by atoms with Gasteiger partial charge in [-0.05, 0) is 38.0 Å². The van der Waals surface area contributed by atoms with Crippen LogP contribution in [-0.2, 0) is 14.3 Å². The molecule has 4 atom stereocenters. The van der Waals surface area contributed by atoms with Crippen molar-refractivity contribution in [1.29, 1.82) is 0 Å². The summed E-state index contributed by atoms with van der Waals surface area (Å²) < 4.78 is 12.0. The lowest BCUT2D eigenvalue weighted by atomic mass is 9.87. The van der Waals surface area contributed by atoms with Gasteiger partial charge in [0.25, 0.3) is 0 Å². The third kappa shape index (κ3) is 6.41. The number of nitrogens with one attached hydrogen (secondary N) is 1. The number of β-amino-alcohol motifs (C(OH)–C–C–N with tert-alkyl or cyclic N) is 1. The van der Waals surface area contributed by atoms with Gasteiger partial charge in [-0.2, -0.15) is 0 Å². The van der Waals surface area contributed by atoms with Gasteiger partial charge in [-0.3, -0.25) is 9.69 Å². The van der Waals surface area contributed by atoms with Crippen LogP contribution in [-0.4, -0.2) is 73.1 Å². The van der Waals surface area contributed by atoms with Crippen molar-refractivity contribution < 1.29 is 19.4 Å². The van der Waals surface area contributed by atoms with Crippen molar-refractivity contribution in [3.8, 4) is 0 Å². The number of hydrogen-bond acceptors (Lipinski definition) is 5. The van der Waals surface area contributed by atoms with E-state index in [1.807, 2.05) is 0 Å². The van der Waals surface area contributed by atoms with Crippen LogP contribution in [0.4, 0.5) is 0 Å². The van der Waals surface area contributed by atoms with Gasteiger partial charge in [-0.1, -0.05) is 26.2 Å². The Hall–Kier alpha value is -0.690. The van der Waals surface area contributed by atoms with Gasteiger partial charge in [-0.25, -0.2) is 0 Å². The van der Waals surface area contributed by atoms with E-state index in [1.54, 1.807) is 0 Å². The van der Waals surface area contributed by atoms with Gasteiger partial charge in [-0.15, -0.1) is 0 Å². The first kappa shape index (κ1) is 21.0. The maximum atomic E-state index is 12.1. The minimum Gasteiger partial charge on any atom is -0.389 e.